The molecule has 1 aliphatic rings. The number of amides is 1. The highest BCUT2D eigenvalue weighted by molar-refractivity contribution is 5.77. The zero-order chi connectivity index (χ0) is 20.6. The fraction of sp³-hybridized carbons (Fsp3) is 0.480. The quantitative estimate of drug-likeness (QED) is 0.738. The van der Waals surface area contributed by atoms with Crippen molar-refractivity contribution in [3.63, 3.8) is 0 Å². The smallest absolute Gasteiger partial charge is 0.258 e. The Morgan fingerprint density at radius 3 is 2.31 bits per heavy atom. The van der Waals surface area contributed by atoms with Crippen molar-refractivity contribution in [2.24, 2.45) is 0 Å². The van der Waals surface area contributed by atoms with E-state index in [4.69, 9.17) is 4.74 Å². The van der Waals surface area contributed by atoms with Gasteiger partial charge in [0.25, 0.3) is 5.91 Å². The highest BCUT2D eigenvalue weighted by Crippen LogP contribution is 2.24. The van der Waals surface area contributed by atoms with Crippen LogP contribution in [0.25, 0.3) is 0 Å². The van der Waals surface area contributed by atoms with Crippen LogP contribution in [-0.2, 0) is 4.79 Å². The molecule has 0 bridgehead atoms. The molecular weight excluding hydrogens is 360 g/mol. The third kappa shape index (κ3) is 6.33. The number of ether oxygens (including phenoxy) is 1. The lowest BCUT2D eigenvalue weighted by Crippen LogP contribution is -2.40. The van der Waals surface area contributed by atoms with Crippen LogP contribution in [0.4, 0.5) is 0 Å². The zero-order valence-corrected chi connectivity index (χ0v) is 18.0. The minimum absolute atomic E-state index is 0.0448. The van der Waals surface area contributed by atoms with Crippen LogP contribution in [-0.4, -0.2) is 37.0 Å². The molecule has 1 fully saturated rings. The van der Waals surface area contributed by atoms with Crippen LogP contribution in [0.15, 0.2) is 42.5 Å². The van der Waals surface area contributed by atoms with E-state index in [1.54, 1.807) is 0 Å². The van der Waals surface area contributed by atoms with Gasteiger partial charge in [0, 0.05) is 6.54 Å². The van der Waals surface area contributed by atoms with Crippen LogP contribution < -0.4 is 10.1 Å². The van der Waals surface area contributed by atoms with Gasteiger partial charge in [0.05, 0.1) is 6.04 Å². The number of benzene rings is 2. The van der Waals surface area contributed by atoms with Crippen LogP contribution in [0.1, 0.15) is 54.0 Å². The Bertz CT molecular complexity index is 793. The standard InChI is InChI=1S/C25H34N2O2/c1-19-8-11-22(12-9-19)24(27-14-6-4-5-7-15-27)17-26-25(28)18-29-23-13-10-20(2)21(3)16-23/h8-13,16,24H,4-7,14-15,17-18H2,1-3H3,(H,26,28)/t24-/m0/s1. The Kier molecular flexibility index (Phi) is 7.70. The largest absolute Gasteiger partial charge is 0.484 e. The van der Waals surface area contributed by atoms with Crippen molar-refractivity contribution in [1.29, 1.82) is 0 Å². The minimum Gasteiger partial charge on any atom is -0.484 e. The van der Waals surface area contributed by atoms with E-state index in [1.165, 1.54) is 47.9 Å². The van der Waals surface area contributed by atoms with Gasteiger partial charge >= 0.3 is 0 Å². The number of aryl methyl sites for hydroxylation is 3. The van der Waals surface area contributed by atoms with Gasteiger partial charge in [-0.3, -0.25) is 9.69 Å². The predicted octanol–water partition coefficient (Wildman–Crippen LogP) is 4.72. The van der Waals surface area contributed by atoms with E-state index < -0.39 is 0 Å². The molecule has 3 rings (SSSR count). The molecule has 2 aromatic rings. The molecule has 0 aliphatic carbocycles. The van der Waals surface area contributed by atoms with Gasteiger partial charge in [0.2, 0.25) is 0 Å². The molecule has 2 aromatic carbocycles. The van der Waals surface area contributed by atoms with Crippen molar-refractivity contribution in [3.05, 3.63) is 64.7 Å². The molecule has 4 heteroatoms. The lowest BCUT2D eigenvalue weighted by molar-refractivity contribution is -0.123. The fourth-order valence-corrected chi connectivity index (χ4v) is 3.87. The molecule has 0 saturated carbocycles. The summed E-state index contributed by atoms with van der Waals surface area (Å²) < 4.78 is 5.70. The lowest BCUT2D eigenvalue weighted by Gasteiger charge is -2.31. The molecule has 0 spiro atoms. The molecule has 1 atom stereocenters. The third-order valence-electron chi connectivity index (χ3n) is 5.88. The Labute approximate surface area is 175 Å². The molecule has 29 heavy (non-hydrogen) atoms. The summed E-state index contributed by atoms with van der Waals surface area (Å²) in [6.45, 7) is 9.06. The Balaban J connectivity index is 1.60. The molecule has 1 saturated heterocycles. The number of hydrogen-bond donors (Lipinski definition) is 1. The summed E-state index contributed by atoms with van der Waals surface area (Å²) >= 11 is 0. The fourth-order valence-electron chi connectivity index (χ4n) is 3.87. The van der Waals surface area contributed by atoms with Crippen LogP contribution in [0, 0.1) is 20.8 Å². The van der Waals surface area contributed by atoms with Crippen molar-refractivity contribution in [2.45, 2.75) is 52.5 Å². The third-order valence-corrected chi connectivity index (χ3v) is 5.88. The van der Waals surface area contributed by atoms with E-state index in [0.717, 1.165) is 18.8 Å². The summed E-state index contributed by atoms with van der Waals surface area (Å²) in [5.41, 5.74) is 4.92. The number of carbonyl (C=O) groups is 1. The molecule has 4 nitrogen and oxygen atoms in total. The van der Waals surface area contributed by atoms with Gasteiger partial charge < -0.3 is 10.1 Å². The minimum atomic E-state index is -0.0739. The zero-order valence-electron chi connectivity index (χ0n) is 18.0. The van der Waals surface area contributed by atoms with Crippen LogP contribution in [0.5, 0.6) is 5.75 Å². The number of likely N-dealkylation sites (tertiary alicyclic amines) is 1. The maximum Gasteiger partial charge on any atom is 0.258 e. The van der Waals surface area contributed by atoms with Crippen LogP contribution in [0.3, 0.4) is 0 Å². The Morgan fingerprint density at radius 2 is 1.66 bits per heavy atom. The predicted molar refractivity (Wildman–Crippen MR) is 118 cm³/mol. The van der Waals surface area contributed by atoms with Gasteiger partial charge in [-0.2, -0.15) is 0 Å². The SMILES string of the molecule is Cc1ccc([C@H](CNC(=O)COc2ccc(C)c(C)c2)N2CCCCCC2)cc1. The summed E-state index contributed by atoms with van der Waals surface area (Å²) in [6, 6.07) is 14.8. The van der Waals surface area contributed by atoms with Gasteiger partial charge in [-0.1, -0.05) is 48.7 Å². The first-order valence-corrected chi connectivity index (χ1v) is 10.8. The highest BCUT2D eigenvalue weighted by Gasteiger charge is 2.22. The van der Waals surface area contributed by atoms with Gasteiger partial charge in [-0.05, 0) is 75.5 Å². The summed E-state index contributed by atoms with van der Waals surface area (Å²) in [4.78, 5) is 15.0. The van der Waals surface area contributed by atoms with Crippen LogP contribution in [0.2, 0.25) is 0 Å². The summed E-state index contributed by atoms with van der Waals surface area (Å²) in [5, 5.41) is 3.10. The summed E-state index contributed by atoms with van der Waals surface area (Å²) in [6.07, 6.45) is 5.05. The maximum absolute atomic E-state index is 12.5. The summed E-state index contributed by atoms with van der Waals surface area (Å²) in [5.74, 6) is 0.668. The summed E-state index contributed by atoms with van der Waals surface area (Å²) in [7, 11) is 0. The second kappa shape index (κ2) is 10.4. The van der Waals surface area contributed by atoms with Gasteiger partial charge in [-0.25, -0.2) is 0 Å². The molecule has 0 radical (unpaired) electrons. The molecule has 1 aliphatic heterocycles. The molecule has 156 valence electrons. The molecular formula is C25H34N2O2. The molecule has 1 heterocycles. The number of carbonyl (C=O) groups excluding carboxylic acids is 1. The van der Waals surface area contributed by atoms with Crippen molar-refractivity contribution in [2.75, 3.05) is 26.2 Å². The molecule has 0 unspecified atom stereocenters. The monoisotopic (exact) mass is 394 g/mol. The first-order valence-electron chi connectivity index (χ1n) is 10.8. The van der Waals surface area contributed by atoms with Gasteiger partial charge in [0.15, 0.2) is 6.61 Å². The Morgan fingerprint density at radius 1 is 0.966 bits per heavy atom. The molecule has 1 amide bonds. The first kappa shape index (κ1) is 21.4. The first-order chi connectivity index (χ1) is 14.0. The Hall–Kier alpha value is -2.33. The van der Waals surface area contributed by atoms with Crippen molar-refractivity contribution >= 4 is 5.91 Å². The number of nitrogens with zero attached hydrogens (tertiary/aromatic N) is 1. The van der Waals surface area contributed by atoms with E-state index in [-0.39, 0.29) is 18.6 Å². The molecule has 0 aromatic heterocycles. The van der Waals surface area contributed by atoms with E-state index in [2.05, 4.69) is 55.3 Å². The second-order valence-corrected chi connectivity index (χ2v) is 8.22. The number of nitrogens with one attached hydrogen (secondary N) is 1. The van der Waals surface area contributed by atoms with Crippen molar-refractivity contribution in [1.82, 2.24) is 10.2 Å². The van der Waals surface area contributed by atoms with Crippen molar-refractivity contribution < 1.29 is 9.53 Å². The highest BCUT2D eigenvalue weighted by atomic mass is 16.5. The van der Waals surface area contributed by atoms with E-state index in [9.17, 15) is 4.79 Å². The number of hydrogen-bond acceptors (Lipinski definition) is 3. The average molecular weight is 395 g/mol. The normalized spacial score (nSPS) is 16.1. The van der Waals surface area contributed by atoms with E-state index >= 15 is 0 Å². The average Bonchev–Trinajstić information content (AvgIpc) is 3.00. The van der Waals surface area contributed by atoms with E-state index in [1.807, 2.05) is 18.2 Å². The van der Waals surface area contributed by atoms with E-state index in [0.29, 0.717) is 6.54 Å². The molecule has 1 N–H and O–H groups in total. The topological polar surface area (TPSA) is 41.6 Å². The van der Waals surface area contributed by atoms with Gasteiger partial charge in [-0.15, -0.1) is 0 Å². The van der Waals surface area contributed by atoms with Crippen LogP contribution >= 0.6 is 0 Å². The number of rotatable bonds is 7. The second-order valence-electron chi connectivity index (χ2n) is 8.22. The van der Waals surface area contributed by atoms with Crippen molar-refractivity contribution in [3.8, 4) is 5.75 Å². The maximum atomic E-state index is 12.5. The van der Waals surface area contributed by atoms with Gasteiger partial charge in [0.1, 0.15) is 5.75 Å². The lowest BCUT2D eigenvalue weighted by atomic mass is 10.0.